The molecule has 0 aromatic heterocycles. The first-order valence-electron chi connectivity index (χ1n) is 4.02. The van der Waals surface area contributed by atoms with E-state index in [1.54, 1.807) is 13.0 Å². The Kier molecular flexibility index (Phi) is 4.73. The van der Waals surface area contributed by atoms with Crippen LogP contribution in [0.25, 0.3) is 0 Å². The molecule has 16 heavy (non-hydrogen) atoms. The van der Waals surface area contributed by atoms with Gasteiger partial charge >= 0.3 is 0 Å². The third-order valence-corrected chi connectivity index (χ3v) is 2.36. The van der Waals surface area contributed by atoms with Crippen molar-refractivity contribution >= 4 is 16.1 Å². The van der Waals surface area contributed by atoms with E-state index in [4.69, 9.17) is 9.96 Å². The summed E-state index contributed by atoms with van der Waals surface area (Å²) in [5, 5.41) is 15.2. The summed E-state index contributed by atoms with van der Waals surface area (Å²) >= 11 is 0. The molecular weight excluding hydrogens is 234 g/mol. The third-order valence-electron chi connectivity index (χ3n) is 1.48. The van der Waals surface area contributed by atoms with E-state index in [0.717, 1.165) is 6.07 Å². The summed E-state index contributed by atoms with van der Waals surface area (Å²) in [4.78, 5) is -0.456. The van der Waals surface area contributed by atoms with Crippen molar-refractivity contribution in [3.05, 3.63) is 23.8 Å². The average Bonchev–Trinajstić information content (AvgIpc) is 2.06. The highest BCUT2D eigenvalue weighted by Gasteiger charge is 2.15. The normalized spacial score (nSPS) is 10.1. The number of hydrogen-bond donors (Lipinski definition) is 5. The van der Waals surface area contributed by atoms with Crippen molar-refractivity contribution in [2.45, 2.75) is 11.8 Å². The molecule has 0 radical (unpaired) electrons. The molecule has 0 aliphatic heterocycles. The lowest BCUT2D eigenvalue weighted by Crippen LogP contribution is -2.20. The SMILES string of the molecule is Cc1cccc(S(=O)(=O)O)c1O.N=C(N)N. The van der Waals surface area contributed by atoms with E-state index in [9.17, 15) is 13.5 Å². The largest absolute Gasteiger partial charge is 0.506 e. The molecular formula is C8H13N3O4S. The monoisotopic (exact) mass is 247 g/mol. The first kappa shape index (κ1) is 14.2. The Labute approximate surface area is 93.0 Å². The maximum atomic E-state index is 10.6. The highest BCUT2D eigenvalue weighted by molar-refractivity contribution is 7.86. The second-order valence-corrected chi connectivity index (χ2v) is 4.24. The van der Waals surface area contributed by atoms with Crippen molar-refractivity contribution in [1.82, 2.24) is 0 Å². The second-order valence-electron chi connectivity index (χ2n) is 2.85. The van der Waals surface area contributed by atoms with Gasteiger partial charge in [0.1, 0.15) is 10.6 Å². The lowest BCUT2D eigenvalue weighted by atomic mass is 10.2. The molecule has 0 aliphatic carbocycles. The summed E-state index contributed by atoms with van der Waals surface area (Å²) in [5.74, 6) is -0.736. The van der Waals surface area contributed by atoms with Gasteiger partial charge in [0.15, 0.2) is 5.96 Å². The molecule has 0 aliphatic rings. The van der Waals surface area contributed by atoms with Crippen LogP contribution in [-0.2, 0) is 10.1 Å². The summed E-state index contributed by atoms with van der Waals surface area (Å²) < 4.78 is 29.8. The van der Waals surface area contributed by atoms with Crippen LogP contribution in [0.5, 0.6) is 5.75 Å². The Hall–Kier alpha value is -1.80. The lowest BCUT2D eigenvalue weighted by molar-refractivity contribution is 0.440. The Balaban J connectivity index is 0.000000487. The van der Waals surface area contributed by atoms with Gasteiger partial charge in [-0.3, -0.25) is 9.96 Å². The number of nitrogens with two attached hydrogens (primary N) is 2. The van der Waals surface area contributed by atoms with E-state index in [1.807, 2.05) is 0 Å². The molecule has 7 N–H and O–H groups in total. The van der Waals surface area contributed by atoms with E-state index in [0.29, 0.717) is 5.56 Å². The summed E-state index contributed by atoms with van der Waals surface area (Å²) in [5.41, 5.74) is 9.35. The van der Waals surface area contributed by atoms with Gasteiger partial charge < -0.3 is 16.6 Å². The van der Waals surface area contributed by atoms with E-state index >= 15 is 0 Å². The fourth-order valence-electron chi connectivity index (χ4n) is 0.840. The van der Waals surface area contributed by atoms with Crippen molar-refractivity contribution < 1.29 is 18.1 Å². The number of guanidine groups is 1. The number of nitrogens with one attached hydrogen (secondary N) is 1. The van der Waals surface area contributed by atoms with Crippen molar-refractivity contribution in [3.8, 4) is 5.75 Å². The van der Waals surface area contributed by atoms with Crippen molar-refractivity contribution in [2.24, 2.45) is 11.5 Å². The molecule has 0 unspecified atom stereocenters. The predicted octanol–water partition coefficient (Wildman–Crippen LogP) is -0.214. The highest BCUT2D eigenvalue weighted by Crippen LogP contribution is 2.25. The molecule has 0 bridgehead atoms. The lowest BCUT2D eigenvalue weighted by Gasteiger charge is -2.02. The maximum absolute atomic E-state index is 10.6. The number of rotatable bonds is 1. The van der Waals surface area contributed by atoms with E-state index in [1.165, 1.54) is 6.07 Å². The fourth-order valence-corrected chi connectivity index (χ4v) is 1.50. The van der Waals surface area contributed by atoms with Gasteiger partial charge in [-0.2, -0.15) is 8.42 Å². The van der Waals surface area contributed by atoms with Gasteiger partial charge in [-0.25, -0.2) is 0 Å². The molecule has 0 atom stereocenters. The van der Waals surface area contributed by atoms with Crippen LogP contribution in [0.2, 0.25) is 0 Å². The van der Waals surface area contributed by atoms with Crippen LogP contribution in [-0.4, -0.2) is 24.0 Å². The number of aryl methyl sites for hydroxylation is 1. The first-order valence-corrected chi connectivity index (χ1v) is 5.46. The molecule has 8 heteroatoms. The van der Waals surface area contributed by atoms with Gasteiger partial charge in [-0.15, -0.1) is 0 Å². The van der Waals surface area contributed by atoms with Gasteiger partial charge in [0.25, 0.3) is 10.1 Å². The Morgan fingerprint density at radius 1 is 1.38 bits per heavy atom. The molecule has 90 valence electrons. The molecule has 1 rings (SSSR count). The van der Waals surface area contributed by atoms with Gasteiger partial charge in [-0.1, -0.05) is 12.1 Å². The van der Waals surface area contributed by atoms with Gasteiger partial charge in [0.05, 0.1) is 0 Å². The third kappa shape index (κ3) is 4.62. The summed E-state index contributed by atoms with van der Waals surface area (Å²) in [7, 11) is -4.31. The molecule has 1 aromatic carbocycles. The standard InChI is InChI=1S/C7H8O4S.CH5N3/c1-5-3-2-4-6(7(5)8)12(9,10)11;2-1(3)4/h2-4,8H,1H3,(H,9,10,11);(H5,2,3,4). The topological polar surface area (TPSA) is 150 Å². The number of hydrogen-bond acceptors (Lipinski definition) is 4. The highest BCUT2D eigenvalue weighted by atomic mass is 32.2. The Bertz CT molecular complexity index is 480. The number of aromatic hydroxyl groups is 1. The van der Waals surface area contributed by atoms with Gasteiger partial charge in [-0.05, 0) is 18.6 Å². The zero-order chi connectivity index (χ0) is 12.9. The number of para-hydroxylation sites is 1. The molecule has 0 saturated carbocycles. The van der Waals surface area contributed by atoms with Crippen molar-refractivity contribution in [1.29, 1.82) is 5.41 Å². The molecule has 1 aromatic rings. The zero-order valence-electron chi connectivity index (χ0n) is 8.51. The van der Waals surface area contributed by atoms with E-state index in [-0.39, 0.29) is 5.96 Å². The quantitative estimate of drug-likeness (QED) is 0.263. The zero-order valence-corrected chi connectivity index (χ0v) is 9.32. The van der Waals surface area contributed by atoms with Crippen LogP contribution in [0.4, 0.5) is 0 Å². The maximum Gasteiger partial charge on any atom is 0.298 e. The van der Waals surface area contributed by atoms with E-state index in [2.05, 4.69) is 11.5 Å². The summed E-state index contributed by atoms with van der Waals surface area (Å²) in [6.45, 7) is 1.55. The smallest absolute Gasteiger partial charge is 0.298 e. The predicted molar refractivity (Wildman–Crippen MR) is 58.8 cm³/mol. The molecule has 7 nitrogen and oxygen atoms in total. The summed E-state index contributed by atoms with van der Waals surface area (Å²) in [6.07, 6.45) is 0. The molecule has 0 amide bonds. The number of phenols is 1. The van der Waals surface area contributed by atoms with Crippen LogP contribution in [0.15, 0.2) is 23.1 Å². The minimum Gasteiger partial charge on any atom is -0.506 e. The Morgan fingerprint density at radius 3 is 2.12 bits per heavy atom. The van der Waals surface area contributed by atoms with Gasteiger partial charge in [0.2, 0.25) is 0 Å². The number of phenolic OH excluding ortho intramolecular Hbond substituents is 1. The minimum atomic E-state index is -4.31. The van der Waals surface area contributed by atoms with Crippen LogP contribution in [0.1, 0.15) is 5.56 Å². The van der Waals surface area contributed by atoms with Crippen molar-refractivity contribution in [2.75, 3.05) is 0 Å². The summed E-state index contributed by atoms with van der Waals surface area (Å²) in [6, 6.07) is 4.12. The van der Waals surface area contributed by atoms with Crippen LogP contribution >= 0.6 is 0 Å². The van der Waals surface area contributed by atoms with E-state index < -0.39 is 20.8 Å². The van der Waals surface area contributed by atoms with Crippen LogP contribution in [0.3, 0.4) is 0 Å². The first-order chi connectivity index (χ1) is 7.16. The Morgan fingerprint density at radius 2 is 1.81 bits per heavy atom. The number of benzene rings is 1. The van der Waals surface area contributed by atoms with Crippen LogP contribution in [0, 0.1) is 12.3 Å². The van der Waals surface area contributed by atoms with Crippen LogP contribution < -0.4 is 11.5 Å². The molecule has 0 saturated heterocycles. The minimum absolute atomic E-state index is 0.333. The fraction of sp³-hybridized carbons (Fsp3) is 0.125. The molecule has 0 fully saturated rings. The molecule has 0 spiro atoms. The average molecular weight is 247 g/mol. The second kappa shape index (κ2) is 5.33. The molecule has 0 heterocycles. The van der Waals surface area contributed by atoms with Crippen molar-refractivity contribution in [3.63, 3.8) is 0 Å². The van der Waals surface area contributed by atoms with Gasteiger partial charge in [0, 0.05) is 0 Å².